The van der Waals surface area contributed by atoms with Crippen LogP contribution in [0, 0.1) is 0 Å². The number of ether oxygens (including phenoxy) is 2. The third kappa shape index (κ3) is 44.6. The van der Waals surface area contributed by atoms with Gasteiger partial charge in [0.25, 0.3) is 0 Å². The summed E-state index contributed by atoms with van der Waals surface area (Å²) >= 11 is 0. The van der Waals surface area contributed by atoms with Crippen LogP contribution in [-0.2, 0) is 14.3 Å². The summed E-state index contributed by atoms with van der Waals surface area (Å²) in [4.78, 5) is 13.1. The highest BCUT2D eigenvalue weighted by atomic mass is 16.7. The van der Waals surface area contributed by atoms with Gasteiger partial charge in [-0.3, -0.25) is 4.79 Å². The molecule has 0 aromatic carbocycles. The molecule has 1 saturated heterocycles. The van der Waals surface area contributed by atoms with Gasteiger partial charge in [0.2, 0.25) is 5.91 Å². The largest absolute Gasteiger partial charge is 0.394 e. The van der Waals surface area contributed by atoms with Crippen LogP contribution in [0.4, 0.5) is 0 Å². The van der Waals surface area contributed by atoms with E-state index in [4.69, 9.17) is 9.47 Å². The lowest BCUT2D eigenvalue weighted by molar-refractivity contribution is -0.302. The summed E-state index contributed by atoms with van der Waals surface area (Å²) in [7, 11) is 0. The van der Waals surface area contributed by atoms with Crippen molar-refractivity contribution in [3.8, 4) is 0 Å². The lowest BCUT2D eigenvalue weighted by Crippen LogP contribution is -2.60. The fraction of sp³-hybridized carbons (Fsp3) is 0.609. The maximum absolute atomic E-state index is 13.1. The number of aliphatic hydroxyl groups excluding tert-OH is 5. The number of carbonyl (C=O) groups is 1. The fourth-order valence-corrected chi connectivity index (χ4v) is 8.51. The molecule has 0 aliphatic carbocycles. The zero-order chi connectivity index (χ0) is 56.5. The van der Waals surface area contributed by atoms with Gasteiger partial charge in [0, 0.05) is 6.42 Å². The van der Waals surface area contributed by atoms with Crippen molar-refractivity contribution in [2.24, 2.45) is 0 Å². The van der Waals surface area contributed by atoms with Gasteiger partial charge in [-0.2, -0.15) is 0 Å². The first-order valence-corrected chi connectivity index (χ1v) is 30.7. The standard InChI is InChI=1S/C69H111NO8/c1-3-5-7-9-11-13-15-17-19-21-23-25-26-27-28-29-30-31-32-33-34-35-36-37-38-39-41-43-45-47-49-51-53-55-57-59-65(73)70-62(61-77-69-68(76)67(75)66(74)64(60-71)78-69)63(72)58-56-54-52-50-48-46-44-42-40-24-22-20-18-16-14-12-10-8-6-4-2/h5,7,11,13,17,19,23,25,27-28,30-31,33-34,36-37,39-42,45,47-48,50,56,58,62-64,66-69,71-72,74-76H,3-4,6,8-10,12,14-16,18,20-22,24,26,29,32,35,38,43-44,46,49,51-55,57,59-61H2,1-2H3,(H,70,73)/b7-5-,13-11-,19-17-,25-23-,28-27-,31-30-,34-33-,37-36-,41-39-,42-40+,47-45-,50-48+,58-56+. The maximum Gasteiger partial charge on any atom is 0.220 e. The molecule has 440 valence electrons. The molecule has 1 heterocycles. The number of hydrogen-bond acceptors (Lipinski definition) is 8. The minimum Gasteiger partial charge on any atom is -0.394 e. The first-order chi connectivity index (χ1) is 38.3. The minimum atomic E-state index is -1.59. The molecule has 1 amide bonds. The van der Waals surface area contributed by atoms with Crippen molar-refractivity contribution in [1.29, 1.82) is 0 Å². The second kappa shape index (κ2) is 56.1. The predicted molar refractivity (Wildman–Crippen MR) is 331 cm³/mol. The van der Waals surface area contributed by atoms with Crippen LogP contribution in [0.5, 0.6) is 0 Å². The SMILES string of the molecule is CC/C=C\C/C=C\C/C=C\C/C=C\C/C=C\C/C=C\C/C=C\C/C=C\C/C=C\C/C=C\CCCCCCC(=O)NC(COC1OC(CO)C(O)C(O)C1O)C(O)/C=C/CC/C=C/CC/C=C/CCCCCCCCCCCC. The molecule has 0 radical (unpaired) electrons. The number of carbonyl (C=O) groups excluding carboxylic acids is 1. The molecular weight excluding hydrogens is 971 g/mol. The van der Waals surface area contributed by atoms with Gasteiger partial charge in [-0.25, -0.2) is 0 Å². The number of allylic oxidation sites excluding steroid dienone is 25. The van der Waals surface area contributed by atoms with E-state index in [2.05, 4.69) is 165 Å². The van der Waals surface area contributed by atoms with Crippen molar-refractivity contribution in [2.45, 2.75) is 256 Å². The maximum atomic E-state index is 13.1. The average Bonchev–Trinajstić information content (AvgIpc) is 3.45. The summed E-state index contributed by atoms with van der Waals surface area (Å²) in [6, 6.07) is -0.855. The summed E-state index contributed by atoms with van der Waals surface area (Å²) in [6.45, 7) is 3.61. The van der Waals surface area contributed by atoms with Gasteiger partial charge in [0.15, 0.2) is 6.29 Å². The molecule has 0 aromatic heterocycles. The van der Waals surface area contributed by atoms with Gasteiger partial charge in [-0.1, -0.05) is 242 Å². The number of aliphatic hydroxyl groups is 5. The van der Waals surface area contributed by atoms with Gasteiger partial charge in [-0.05, 0) is 122 Å². The van der Waals surface area contributed by atoms with Crippen LogP contribution in [0.3, 0.4) is 0 Å². The molecule has 1 aliphatic heterocycles. The third-order valence-corrected chi connectivity index (χ3v) is 13.3. The Hall–Kier alpha value is -4.19. The second-order valence-electron chi connectivity index (χ2n) is 20.4. The van der Waals surface area contributed by atoms with Crippen LogP contribution in [0.25, 0.3) is 0 Å². The molecule has 78 heavy (non-hydrogen) atoms. The zero-order valence-electron chi connectivity index (χ0n) is 48.8. The molecule has 1 aliphatic rings. The molecule has 9 heteroatoms. The predicted octanol–water partition coefficient (Wildman–Crippen LogP) is 16.0. The van der Waals surface area contributed by atoms with Crippen LogP contribution < -0.4 is 5.32 Å². The van der Waals surface area contributed by atoms with Gasteiger partial charge in [0.05, 0.1) is 25.4 Å². The number of unbranched alkanes of at least 4 members (excludes halogenated alkanes) is 16. The van der Waals surface area contributed by atoms with Crippen molar-refractivity contribution in [1.82, 2.24) is 5.32 Å². The van der Waals surface area contributed by atoms with Crippen LogP contribution in [-0.4, -0.2) is 87.5 Å². The van der Waals surface area contributed by atoms with Crippen molar-refractivity contribution in [3.05, 3.63) is 158 Å². The smallest absolute Gasteiger partial charge is 0.220 e. The molecule has 1 rings (SSSR count). The van der Waals surface area contributed by atoms with E-state index in [-0.39, 0.29) is 12.5 Å². The average molecular weight is 1080 g/mol. The molecule has 0 spiro atoms. The normalized spacial score (nSPS) is 19.8. The lowest BCUT2D eigenvalue weighted by Gasteiger charge is -2.40. The van der Waals surface area contributed by atoms with Crippen LogP contribution in [0.2, 0.25) is 0 Å². The van der Waals surface area contributed by atoms with Crippen LogP contribution in [0.15, 0.2) is 158 Å². The van der Waals surface area contributed by atoms with Crippen molar-refractivity contribution >= 4 is 5.91 Å². The highest BCUT2D eigenvalue weighted by molar-refractivity contribution is 5.76. The van der Waals surface area contributed by atoms with Crippen molar-refractivity contribution in [2.75, 3.05) is 13.2 Å². The van der Waals surface area contributed by atoms with Crippen LogP contribution >= 0.6 is 0 Å². The number of rotatable bonds is 50. The Morgan fingerprint density at radius 3 is 1.23 bits per heavy atom. The molecule has 0 aromatic rings. The van der Waals surface area contributed by atoms with E-state index in [1.54, 1.807) is 6.08 Å². The molecule has 6 N–H and O–H groups in total. The monoisotopic (exact) mass is 1080 g/mol. The zero-order valence-corrected chi connectivity index (χ0v) is 48.8. The van der Waals surface area contributed by atoms with E-state index in [1.165, 1.54) is 64.2 Å². The first-order valence-electron chi connectivity index (χ1n) is 30.7. The molecule has 0 bridgehead atoms. The molecule has 0 saturated carbocycles. The van der Waals surface area contributed by atoms with E-state index < -0.39 is 49.5 Å². The Morgan fingerprint density at radius 1 is 0.449 bits per heavy atom. The van der Waals surface area contributed by atoms with E-state index in [0.29, 0.717) is 19.3 Å². The summed E-state index contributed by atoms with van der Waals surface area (Å²) in [5.74, 6) is -0.222. The quantitative estimate of drug-likeness (QED) is 0.0261. The lowest BCUT2D eigenvalue weighted by atomic mass is 9.99. The van der Waals surface area contributed by atoms with E-state index in [0.717, 1.165) is 116 Å². The van der Waals surface area contributed by atoms with Crippen molar-refractivity contribution < 1.29 is 39.8 Å². The van der Waals surface area contributed by atoms with E-state index >= 15 is 0 Å². The van der Waals surface area contributed by atoms with Crippen molar-refractivity contribution in [3.63, 3.8) is 0 Å². The van der Waals surface area contributed by atoms with Gasteiger partial charge >= 0.3 is 0 Å². The first kappa shape index (κ1) is 71.8. The minimum absolute atomic E-state index is 0.222. The van der Waals surface area contributed by atoms with Gasteiger partial charge < -0.3 is 40.3 Å². The number of amides is 1. The Bertz CT molecular complexity index is 1780. The van der Waals surface area contributed by atoms with Crippen LogP contribution in [0.1, 0.15) is 213 Å². The molecular formula is C69H111NO8. The Balaban J connectivity index is 2.28. The number of nitrogens with one attached hydrogen (secondary N) is 1. The Labute approximate surface area is 475 Å². The summed E-state index contributed by atoms with van der Waals surface area (Å²) in [6.07, 6.45) is 81.6. The Morgan fingerprint density at radius 2 is 0.808 bits per heavy atom. The van der Waals surface area contributed by atoms with E-state index in [1.807, 2.05) is 6.08 Å². The summed E-state index contributed by atoms with van der Waals surface area (Å²) in [5, 5.41) is 54.5. The highest BCUT2D eigenvalue weighted by Gasteiger charge is 2.44. The van der Waals surface area contributed by atoms with E-state index in [9.17, 15) is 30.3 Å². The molecule has 7 atom stereocenters. The number of hydrogen-bond donors (Lipinski definition) is 6. The summed E-state index contributed by atoms with van der Waals surface area (Å²) < 4.78 is 11.2. The Kier molecular flexibility index (Phi) is 51.7. The fourth-order valence-electron chi connectivity index (χ4n) is 8.51. The third-order valence-electron chi connectivity index (χ3n) is 13.3. The van der Waals surface area contributed by atoms with Gasteiger partial charge in [0.1, 0.15) is 24.4 Å². The molecule has 9 nitrogen and oxygen atoms in total. The van der Waals surface area contributed by atoms with Gasteiger partial charge in [-0.15, -0.1) is 0 Å². The second-order valence-corrected chi connectivity index (χ2v) is 20.4. The molecule has 7 unspecified atom stereocenters. The topological polar surface area (TPSA) is 149 Å². The summed E-state index contributed by atoms with van der Waals surface area (Å²) in [5.41, 5.74) is 0. The molecule has 1 fully saturated rings. The highest BCUT2D eigenvalue weighted by Crippen LogP contribution is 2.23.